The van der Waals surface area contributed by atoms with E-state index in [4.69, 9.17) is 4.84 Å². The molecule has 1 N–H and O–H groups in total. The number of para-hydroxylation sites is 2. The van der Waals surface area contributed by atoms with Crippen LogP contribution in [0.2, 0.25) is 0 Å². The summed E-state index contributed by atoms with van der Waals surface area (Å²) in [6.45, 7) is 0. The molecule has 2 saturated carbocycles. The molecule has 198 valence electrons. The summed E-state index contributed by atoms with van der Waals surface area (Å²) in [5.41, 5.74) is 1.88. The van der Waals surface area contributed by atoms with Gasteiger partial charge in [0.2, 0.25) is 0 Å². The van der Waals surface area contributed by atoms with Gasteiger partial charge in [0.15, 0.2) is 5.69 Å². The van der Waals surface area contributed by atoms with E-state index in [0.29, 0.717) is 23.8 Å². The Morgan fingerprint density at radius 1 is 0.973 bits per heavy atom. The molecular formula is C29H38N4O4. The third-order valence-corrected chi connectivity index (χ3v) is 9.50. The van der Waals surface area contributed by atoms with Crippen LogP contribution < -0.4 is 5.56 Å². The summed E-state index contributed by atoms with van der Waals surface area (Å²) in [6, 6.07) is 9.63. The van der Waals surface area contributed by atoms with Gasteiger partial charge in [-0.15, -0.1) is 0 Å². The minimum Gasteiger partial charge on any atom is -0.481 e. The minimum atomic E-state index is -0.944. The molecule has 0 spiro atoms. The number of hydrogen-bond donors (Lipinski definition) is 1. The third-order valence-electron chi connectivity index (χ3n) is 9.50. The van der Waals surface area contributed by atoms with E-state index in [1.807, 2.05) is 28.8 Å². The maximum atomic E-state index is 14.0. The number of carboxylic acids is 1. The van der Waals surface area contributed by atoms with Gasteiger partial charge >= 0.3 is 5.97 Å². The van der Waals surface area contributed by atoms with E-state index in [1.165, 1.54) is 58.5 Å². The first-order valence-electron chi connectivity index (χ1n) is 14.1. The summed E-state index contributed by atoms with van der Waals surface area (Å²) in [6.07, 6.45) is 12.7. The van der Waals surface area contributed by atoms with Crippen LogP contribution >= 0.6 is 0 Å². The van der Waals surface area contributed by atoms with Crippen LogP contribution in [0.15, 0.2) is 34.2 Å². The number of benzene rings is 1. The van der Waals surface area contributed by atoms with E-state index in [2.05, 4.69) is 15.0 Å². The fourth-order valence-corrected chi connectivity index (χ4v) is 8.18. The van der Waals surface area contributed by atoms with E-state index >= 15 is 0 Å². The lowest BCUT2D eigenvalue weighted by Gasteiger charge is -2.49. The second-order valence-corrected chi connectivity index (χ2v) is 11.7. The largest absolute Gasteiger partial charge is 0.481 e. The molecule has 5 atom stereocenters. The van der Waals surface area contributed by atoms with Crippen LogP contribution in [0.3, 0.4) is 0 Å². The molecule has 8 heteroatoms. The van der Waals surface area contributed by atoms with Crippen LogP contribution in [0.1, 0.15) is 88.8 Å². The summed E-state index contributed by atoms with van der Waals surface area (Å²) in [5.74, 6) is 0.877. The quantitative estimate of drug-likeness (QED) is 0.430. The summed E-state index contributed by atoms with van der Waals surface area (Å²) < 4.78 is 1.95. The first-order chi connectivity index (χ1) is 18.0. The van der Waals surface area contributed by atoms with E-state index < -0.39 is 5.97 Å². The van der Waals surface area contributed by atoms with Crippen LogP contribution in [0.25, 0.3) is 11.0 Å². The van der Waals surface area contributed by atoms with Crippen molar-refractivity contribution in [3.63, 3.8) is 0 Å². The molecule has 2 aromatic rings. The minimum absolute atomic E-state index is 0.0947. The van der Waals surface area contributed by atoms with Gasteiger partial charge in [-0.25, -0.2) is 4.98 Å². The summed E-state index contributed by atoms with van der Waals surface area (Å²) >= 11 is 0. The third kappa shape index (κ3) is 4.69. The standard InChI is InChI=1S/C29H38N4O4/c1-37-31-25(11-12-27(34)35)28-29(36)33(26-8-3-2-7-24(26)30-28)23-16-20-9-10-21(17-23)32(20)22-14-18-5-4-6-19(13-18)15-22/h2-3,7-8,18-23H,4-6,9-17H2,1H3,(H,34,35)/b31-25+/t18?,19?,20-,21?,22?,23?/m1/s1. The molecule has 8 nitrogen and oxygen atoms in total. The van der Waals surface area contributed by atoms with E-state index in [9.17, 15) is 14.7 Å². The SMILES string of the molecule is CO/N=C(\CCC(=O)O)c1nc2ccccc2n(C2CC3CC[C@H](C2)N3C2CC3CCCC(C3)C2)c1=O. The summed E-state index contributed by atoms with van der Waals surface area (Å²) in [7, 11) is 1.41. The monoisotopic (exact) mass is 506 g/mol. The van der Waals surface area contributed by atoms with Gasteiger partial charge in [-0.05, 0) is 68.9 Å². The molecule has 0 amide bonds. The predicted molar refractivity (Wildman–Crippen MR) is 142 cm³/mol. The molecule has 4 aliphatic rings. The number of aromatic nitrogens is 2. The summed E-state index contributed by atoms with van der Waals surface area (Å²) in [4.78, 5) is 37.8. The van der Waals surface area contributed by atoms with Crippen molar-refractivity contribution in [2.24, 2.45) is 17.0 Å². The maximum absolute atomic E-state index is 14.0. The molecule has 2 aliphatic heterocycles. The van der Waals surface area contributed by atoms with Crippen molar-refractivity contribution in [3.05, 3.63) is 40.3 Å². The molecule has 3 heterocycles. The fraction of sp³-hybridized carbons (Fsp3) is 0.655. The van der Waals surface area contributed by atoms with Crippen molar-refractivity contribution in [1.29, 1.82) is 0 Å². The molecular weight excluding hydrogens is 468 g/mol. The number of carbonyl (C=O) groups is 1. The zero-order chi connectivity index (χ0) is 25.5. The molecule has 1 aromatic heterocycles. The van der Waals surface area contributed by atoms with Crippen LogP contribution in [-0.4, -0.2) is 56.5 Å². The average Bonchev–Trinajstić information content (AvgIpc) is 3.15. The second-order valence-electron chi connectivity index (χ2n) is 11.7. The second kappa shape index (κ2) is 10.2. The van der Waals surface area contributed by atoms with Gasteiger partial charge in [-0.3, -0.25) is 14.5 Å². The van der Waals surface area contributed by atoms with Crippen molar-refractivity contribution in [2.45, 2.75) is 101 Å². The average molecular weight is 507 g/mol. The lowest BCUT2D eigenvalue weighted by molar-refractivity contribution is -0.136. The number of piperidine rings is 1. The molecule has 1 aromatic carbocycles. The highest BCUT2D eigenvalue weighted by Gasteiger charge is 2.47. The predicted octanol–water partition coefficient (Wildman–Crippen LogP) is 4.75. The summed E-state index contributed by atoms with van der Waals surface area (Å²) in [5, 5.41) is 13.3. The first kappa shape index (κ1) is 24.6. The van der Waals surface area contributed by atoms with Gasteiger partial charge in [-0.1, -0.05) is 36.6 Å². The zero-order valence-corrected chi connectivity index (χ0v) is 21.7. The van der Waals surface area contributed by atoms with Gasteiger partial charge in [0.25, 0.3) is 5.56 Å². The van der Waals surface area contributed by atoms with E-state index in [-0.39, 0.29) is 30.1 Å². The molecule has 4 unspecified atom stereocenters. The Kier molecular flexibility index (Phi) is 6.78. The van der Waals surface area contributed by atoms with Gasteiger partial charge in [0.05, 0.1) is 17.5 Å². The number of oxime groups is 1. The Morgan fingerprint density at radius 3 is 2.35 bits per heavy atom. The van der Waals surface area contributed by atoms with Crippen LogP contribution in [0.4, 0.5) is 0 Å². The topological polar surface area (TPSA) is 97.0 Å². The lowest BCUT2D eigenvalue weighted by Crippen LogP contribution is -2.52. The molecule has 0 radical (unpaired) electrons. The highest BCUT2D eigenvalue weighted by Crippen LogP contribution is 2.48. The van der Waals surface area contributed by atoms with Gasteiger partial charge < -0.3 is 14.5 Å². The highest BCUT2D eigenvalue weighted by molar-refractivity contribution is 6.00. The first-order valence-corrected chi connectivity index (χ1v) is 14.1. The smallest absolute Gasteiger partial charge is 0.303 e. The maximum Gasteiger partial charge on any atom is 0.303 e. The Hall–Kier alpha value is -2.74. The number of rotatable bonds is 7. The molecule has 6 rings (SSSR count). The molecule has 37 heavy (non-hydrogen) atoms. The van der Waals surface area contributed by atoms with Gasteiger partial charge in [-0.2, -0.15) is 0 Å². The van der Waals surface area contributed by atoms with Crippen molar-refractivity contribution in [1.82, 2.24) is 14.5 Å². The normalized spacial score (nSPS) is 32.0. The van der Waals surface area contributed by atoms with E-state index in [0.717, 1.165) is 35.7 Å². The number of hydrogen-bond acceptors (Lipinski definition) is 6. The van der Waals surface area contributed by atoms with Crippen LogP contribution in [0.5, 0.6) is 0 Å². The lowest BCUT2D eigenvalue weighted by atomic mass is 9.69. The molecule has 2 saturated heterocycles. The van der Waals surface area contributed by atoms with Crippen molar-refractivity contribution < 1.29 is 14.7 Å². The van der Waals surface area contributed by atoms with Crippen LogP contribution in [0, 0.1) is 11.8 Å². The Labute approximate surface area is 217 Å². The van der Waals surface area contributed by atoms with Crippen molar-refractivity contribution in [3.8, 4) is 0 Å². The highest BCUT2D eigenvalue weighted by atomic mass is 16.6. The van der Waals surface area contributed by atoms with Gasteiger partial charge in [0.1, 0.15) is 12.8 Å². The van der Waals surface area contributed by atoms with Crippen molar-refractivity contribution >= 4 is 22.7 Å². The fourth-order valence-electron chi connectivity index (χ4n) is 8.18. The van der Waals surface area contributed by atoms with Crippen LogP contribution in [-0.2, 0) is 9.63 Å². The number of aliphatic carboxylic acids is 1. The number of carboxylic acid groups (broad SMARTS) is 1. The molecule has 4 bridgehead atoms. The number of nitrogens with zero attached hydrogens (tertiary/aromatic N) is 4. The zero-order valence-electron chi connectivity index (χ0n) is 21.7. The van der Waals surface area contributed by atoms with Gasteiger partial charge in [0, 0.05) is 30.6 Å². The molecule has 4 fully saturated rings. The van der Waals surface area contributed by atoms with E-state index in [1.54, 1.807) is 0 Å². The Bertz CT molecular complexity index is 1230. The molecule has 2 aliphatic carbocycles. The number of fused-ring (bicyclic) bond motifs is 5. The Balaban J connectivity index is 1.33. The van der Waals surface area contributed by atoms with Crippen molar-refractivity contribution in [2.75, 3.05) is 7.11 Å². The Morgan fingerprint density at radius 2 is 1.68 bits per heavy atom.